The molecule has 0 atom stereocenters. The van der Waals surface area contributed by atoms with Crippen LogP contribution in [0.4, 0.5) is 11.4 Å². The van der Waals surface area contributed by atoms with E-state index in [1.54, 1.807) is 18.2 Å². The fourth-order valence-electron chi connectivity index (χ4n) is 2.48. The van der Waals surface area contributed by atoms with Crippen LogP contribution in [0.3, 0.4) is 0 Å². The second-order valence-corrected chi connectivity index (χ2v) is 6.62. The maximum atomic E-state index is 11.0. The second-order valence-electron chi connectivity index (χ2n) is 5.33. The van der Waals surface area contributed by atoms with Gasteiger partial charge >= 0.3 is 0 Å². The van der Waals surface area contributed by atoms with Crippen molar-refractivity contribution in [3.8, 4) is 0 Å². The standard InChI is InChI=1S/C13H21N3O2S/c1-10-5-7-11(8-6-10)15-12-3-2-4-13(9-12)16-19(14,17)18/h2-4,9-11,15-16H,5-8H2,1H3,(H2,14,17,18). The molecule has 0 saturated heterocycles. The molecule has 0 aromatic heterocycles. The summed E-state index contributed by atoms with van der Waals surface area (Å²) in [6.45, 7) is 2.28. The quantitative estimate of drug-likeness (QED) is 0.792. The molecular formula is C13H21N3O2S. The molecule has 1 saturated carbocycles. The molecule has 1 aliphatic rings. The minimum atomic E-state index is -3.71. The van der Waals surface area contributed by atoms with Crippen molar-refractivity contribution < 1.29 is 8.42 Å². The molecule has 0 amide bonds. The third-order valence-corrected chi connectivity index (χ3v) is 4.03. The van der Waals surface area contributed by atoms with Gasteiger partial charge in [0.15, 0.2) is 0 Å². The Morgan fingerprint density at radius 3 is 2.42 bits per heavy atom. The molecule has 106 valence electrons. The van der Waals surface area contributed by atoms with Crippen LogP contribution >= 0.6 is 0 Å². The number of anilines is 2. The van der Waals surface area contributed by atoms with E-state index < -0.39 is 10.2 Å². The van der Waals surface area contributed by atoms with Gasteiger partial charge in [0.1, 0.15) is 0 Å². The zero-order valence-electron chi connectivity index (χ0n) is 11.1. The normalized spacial score (nSPS) is 23.9. The maximum absolute atomic E-state index is 11.0. The van der Waals surface area contributed by atoms with E-state index in [4.69, 9.17) is 5.14 Å². The van der Waals surface area contributed by atoms with Crippen molar-refractivity contribution in [1.82, 2.24) is 0 Å². The Morgan fingerprint density at radius 2 is 1.79 bits per heavy atom. The van der Waals surface area contributed by atoms with Gasteiger partial charge in [-0.3, -0.25) is 4.72 Å². The van der Waals surface area contributed by atoms with Gasteiger partial charge in [-0.15, -0.1) is 0 Å². The molecule has 0 bridgehead atoms. The molecule has 1 aromatic carbocycles. The first-order valence-corrected chi connectivity index (χ1v) is 8.14. The van der Waals surface area contributed by atoms with E-state index in [1.807, 2.05) is 6.07 Å². The first kappa shape index (κ1) is 14.1. The zero-order valence-corrected chi connectivity index (χ0v) is 11.9. The molecular weight excluding hydrogens is 262 g/mol. The number of rotatable bonds is 4. The van der Waals surface area contributed by atoms with Crippen LogP contribution < -0.4 is 15.2 Å². The molecule has 0 spiro atoms. The van der Waals surface area contributed by atoms with Crippen molar-refractivity contribution in [1.29, 1.82) is 0 Å². The lowest BCUT2D eigenvalue weighted by atomic mass is 9.87. The third kappa shape index (κ3) is 4.72. The Balaban J connectivity index is 1.99. The predicted molar refractivity (Wildman–Crippen MR) is 78.2 cm³/mol. The van der Waals surface area contributed by atoms with Gasteiger partial charge in [-0.25, -0.2) is 5.14 Å². The topological polar surface area (TPSA) is 84.2 Å². The number of hydrogen-bond donors (Lipinski definition) is 3. The summed E-state index contributed by atoms with van der Waals surface area (Å²) in [6.07, 6.45) is 4.81. The Kier molecular flexibility index (Phi) is 4.31. The molecule has 6 heteroatoms. The van der Waals surface area contributed by atoms with Crippen LogP contribution in [0.25, 0.3) is 0 Å². The fourth-order valence-corrected chi connectivity index (χ4v) is 2.93. The average Bonchev–Trinajstić information content (AvgIpc) is 2.30. The molecule has 1 aromatic rings. The van der Waals surface area contributed by atoms with E-state index in [1.165, 1.54) is 12.8 Å². The van der Waals surface area contributed by atoms with Crippen LogP contribution in [0.5, 0.6) is 0 Å². The Hall–Kier alpha value is -1.27. The summed E-state index contributed by atoms with van der Waals surface area (Å²) in [5.74, 6) is 0.813. The second kappa shape index (κ2) is 5.79. The molecule has 0 aliphatic heterocycles. The van der Waals surface area contributed by atoms with Gasteiger partial charge in [-0.2, -0.15) is 8.42 Å². The summed E-state index contributed by atoms with van der Waals surface area (Å²) in [5.41, 5.74) is 1.41. The van der Waals surface area contributed by atoms with Crippen LogP contribution in [0, 0.1) is 5.92 Å². The van der Waals surface area contributed by atoms with Gasteiger partial charge in [0.2, 0.25) is 0 Å². The Morgan fingerprint density at radius 1 is 1.16 bits per heavy atom. The highest BCUT2D eigenvalue weighted by molar-refractivity contribution is 7.90. The zero-order chi connectivity index (χ0) is 13.9. The SMILES string of the molecule is CC1CCC(Nc2cccc(NS(N)(=O)=O)c2)CC1. The molecule has 1 aliphatic carbocycles. The highest BCUT2D eigenvalue weighted by Crippen LogP contribution is 2.26. The molecule has 0 radical (unpaired) electrons. The molecule has 2 rings (SSSR count). The van der Waals surface area contributed by atoms with Crippen molar-refractivity contribution in [2.75, 3.05) is 10.0 Å². The van der Waals surface area contributed by atoms with Crippen molar-refractivity contribution in [2.24, 2.45) is 11.1 Å². The first-order chi connectivity index (χ1) is 8.92. The van der Waals surface area contributed by atoms with E-state index in [2.05, 4.69) is 17.0 Å². The fraction of sp³-hybridized carbons (Fsp3) is 0.538. The molecule has 0 heterocycles. The minimum Gasteiger partial charge on any atom is -0.382 e. The first-order valence-electron chi connectivity index (χ1n) is 6.59. The summed E-state index contributed by atoms with van der Waals surface area (Å²) < 4.78 is 24.2. The number of nitrogens with one attached hydrogen (secondary N) is 2. The van der Waals surface area contributed by atoms with Crippen LogP contribution in [-0.2, 0) is 10.2 Å². The Labute approximate surface area is 114 Å². The van der Waals surface area contributed by atoms with Gasteiger partial charge in [-0.05, 0) is 49.8 Å². The smallest absolute Gasteiger partial charge is 0.296 e. The lowest BCUT2D eigenvalue weighted by Crippen LogP contribution is -2.25. The molecule has 0 unspecified atom stereocenters. The summed E-state index contributed by atoms with van der Waals surface area (Å²) in [6, 6.07) is 7.66. The van der Waals surface area contributed by atoms with E-state index in [-0.39, 0.29) is 0 Å². The van der Waals surface area contributed by atoms with Crippen LogP contribution in [-0.4, -0.2) is 14.5 Å². The van der Waals surface area contributed by atoms with E-state index >= 15 is 0 Å². The summed E-state index contributed by atoms with van der Waals surface area (Å²) >= 11 is 0. The lowest BCUT2D eigenvalue weighted by molar-refractivity contribution is 0.361. The van der Waals surface area contributed by atoms with Crippen LogP contribution in [0.1, 0.15) is 32.6 Å². The molecule has 19 heavy (non-hydrogen) atoms. The van der Waals surface area contributed by atoms with Crippen molar-refractivity contribution in [3.05, 3.63) is 24.3 Å². The predicted octanol–water partition coefficient (Wildman–Crippen LogP) is 2.29. The molecule has 1 fully saturated rings. The largest absolute Gasteiger partial charge is 0.382 e. The van der Waals surface area contributed by atoms with Gasteiger partial charge < -0.3 is 5.32 Å². The maximum Gasteiger partial charge on any atom is 0.296 e. The monoisotopic (exact) mass is 283 g/mol. The number of benzene rings is 1. The van der Waals surface area contributed by atoms with Gasteiger partial charge in [0.25, 0.3) is 10.2 Å². The highest BCUT2D eigenvalue weighted by Gasteiger charge is 2.17. The Bertz CT molecular complexity index is 522. The van der Waals surface area contributed by atoms with Crippen molar-refractivity contribution >= 4 is 21.6 Å². The van der Waals surface area contributed by atoms with Crippen LogP contribution in [0.2, 0.25) is 0 Å². The van der Waals surface area contributed by atoms with Crippen LogP contribution in [0.15, 0.2) is 24.3 Å². The third-order valence-electron chi connectivity index (χ3n) is 3.51. The van der Waals surface area contributed by atoms with Gasteiger partial charge in [-0.1, -0.05) is 13.0 Å². The van der Waals surface area contributed by atoms with E-state index in [0.717, 1.165) is 24.4 Å². The summed E-state index contributed by atoms with van der Waals surface area (Å²) in [7, 11) is -3.71. The van der Waals surface area contributed by atoms with Crippen molar-refractivity contribution in [3.63, 3.8) is 0 Å². The average molecular weight is 283 g/mol. The van der Waals surface area contributed by atoms with E-state index in [9.17, 15) is 8.42 Å². The number of nitrogens with two attached hydrogens (primary N) is 1. The molecule has 4 N–H and O–H groups in total. The minimum absolute atomic E-state index is 0.473. The highest BCUT2D eigenvalue weighted by atomic mass is 32.2. The summed E-state index contributed by atoms with van der Waals surface area (Å²) in [5, 5.41) is 8.41. The van der Waals surface area contributed by atoms with Crippen molar-refractivity contribution in [2.45, 2.75) is 38.6 Å². The molecule has 5 nitrogen and oxygen atoms in total. The van der Waals surface area contributed by atoms with Gasteiger partial charge in [0, 0.05) is 11.7 Å². The van der Waals surface area contributed by atoms with Gasteiger partial charge in [0.05, 0.1) is 5.69 Å². The lowest BCUT2D eigenvalue weighted by Gasteiger charge is -2.27. The number of hydrogen-bond acceptors (Lipinski definition) is 3. The summed E-state index contributed by atoms with van der Waals surface area (Å²) in [4.78, 5) is 0. The van der Waals surface area contributed by atoms with E-state index in [0.29, 0.717) is 11.7 Å².